The lowest BCUT2D eigenvalue weighted by atomic mass is 10.1. The molecule has 0 saturated heterocycles. The molecular formula is C19H13F3N2O5. The lowest BCUT2D eigenvalue weighted by molar-refractivity contribution is -0.384. The molecule has 0 N–H and O–H groups in total. The summed E-state index contributed by atoms with van der Waals surface area (Å²) < 4.78 is 48.8. The van der Waals surface area contributed by atoms with Crippen molar-refractivity contribution in [2.45, 2.75) is 13.1 Å². The van der Waals surface area contributed by atoms with Crippen LogP contribution in [-0.4, -0.2) is 22.5 Å². The van der Waals surface area contributed by atoms with Crippen LogP contribution in [0.15, 0.2) is 52.9 Å². The molecule has 1 aromatic heterocycles. The van der Waals surface area contributed by atoms with E-state index in [1.54, 1.807) is 6.92 Å². The van der Waals surface area contributed by atoms with Gasteiger partial charge < -0.3 is 9.15 Å². The van der Waals surface area contributed by atoms with Crippen LogP contribution in [0, 0.1) is 10.1 Å². The highest BCUT2D eigenvalue weighted by molar-refractivity contribution is 5.94. The Balaban J connectivity index is 2.05. The summed E-state index contributed by atoms with van der Waals surface area (Å²) in [5.41, 5.74) is -0.639. The van der Waals surface area contributed by atoms with Gasteiger partial charge in [-0.15, -0.1) is 0 Å². The molecule has 3 rings (SSSR count). The Kier molecular flexibility index (Phi) is 5.35. The number of non-ortho nitro benzene ring substituents is 1. The van der Waals surface area contributed by atoms with Crippen LogP contribution in [-0.2, 0) is 10.9 Å². The summed E-state index contributed by atoms with van der Waals surface area (Å²) in [6.07, 6.45) is -4.49. The first-order chi connectivity index (χ1) is 13.7. The number of rotatable bonds is 5. The molecule has 0 aliphatic rings. The summed E-state index contributed by atoms with van der Waals surface area (Å²) in [5, 5.41) is 10.8. The van der Waals surface area contributed by atoms with Crippen LogP contribution >= 0.6 is 0 Å². The summed E-state index contributed by atoms with van der Waals surface area (Å²) in [7, 11) is 0. The molecule has 0 fully saturated rings. The van der Waals surface area contributed by atoms with E-state index in [9.17, 15) is 28.1 Å². The maximum absolute atomic E-state index is 12.7. The van der Waals surface area contributed by atoms with Gasteiger partial charge in [-0.2, -0.15) is 13.2 Å². The van der Waals surface area contributed by atoms with Crippen molar-refractivity contribution in [3.05, 3.63) is 69.9 Å². The van der Waals surface area contributed by atoms with Gasteiger partial charge in [0.25, 0.3) is 5.69 Å². The van der Waals surface area contributed by atoms with Gasteiger partial charge in [0.2, 0.25) is 5.89 Å². The number of carbonyl (C=O) groups is 1. The van der Waals surface area contributed by atoms with Crippen LogP contribution in [0.1, 0.15) is 23.0 Å². The number of alkyl halides is 3. The highest BCUT2D eigenvalue weighted by Gasteiger charge is 2.30. The van der Waals surface area contributed by atoms with Gasteiger partial charge in [0, 0.05) is 23.3 Å². The standard InChI is InChI=1S/C19H13F3N2O5/c1-2-28-18(25)15-16(11-5-9-14(10-6-11)24(26)27)29-17(23-15)12-3-7-13(8-4-12)19(20,21)22/h3-10H,2H2,1H3. The second-order valence-electron chi connectivity index (χ2n) is 5.80. The molecule has 3 aromatic rings. The second-order valence-corrected chi connectivity index (χ2v) is 5.80. The van der Waals surface area contributed by atoms with Gasteiger partial charge in [0.1, 0.15) is 0 Å². The molecular weight excluding hydrogens is 393 g/mol. The number of carbonyl (C=O) groups excluding carboxylic acids is 1. The first-order valence-electron chi connectivity index (χ1n) is 8.31. The van der Waals surface area contributed by atoms with Crippen LogP contribution in [0.25, 0.3) is 22.8 Å². The predicted molar refractivity (Wildman–Crippen MR) is 95.0 cm³/mol. The summed E-state index contributed by atoms with van der Waals surface area (Å²) >= 11 is 0. The van der Waals surface area contributed by atoms with Gasteiger partial charge in [0.05, 0.1) is 17.1 Å². The van der Waals surface area contributed by atoms with Crippen LogP contribution in [0.5, 0.6) is 0 Å². The summed E-state index contributed by atoms with van der Waals surface area (Å²) in [6, 6.07) is 9.28. The number of esters is 1. The third kappa shape index (κ3) is 4.26. The fourth-order valence-corrected chi connectivity index (χ4v) is 2.51. The minimum Gasteiger partial charge on any atom is -0.461 e. The third-order valence-electron chi connectivity index (χ3n) is 3.90. The van der Waals surface area contributed by atoms with Crippen molar-refractivity contribution in [3.8, 4) is 22.8 Å². The molecule has 0 saturated carbocycles. The number of halogens is 3. The smallest absolute Gasteiger partial charge is 0.416 e. The van der Waals surface area contributed by atoms with Crippen molar-refractivity contribution in [2.24, 2.45) is 0 Å². The number of nitro benzene ring substituents is 1. The van der Waals surface area contributed by atoms with Gasteiger partial charge >= 0.3 is 12.1 Å². The molecule has 150 valence electrons. The van der Waals surface area contributed by atoms with E-state index in [0.29, 0.717) is 5.56 Å². The van der Waals surface area contributed by atoms with Crippen molar-refractivity contribution in [1.82, 2.24) is 4.98 Å². The zero-order chi connectivity index (χ0) is 21.2. The number of nitrogens with zero attached hydrogens (tertiary/aromatic N) is 2. The molecule has 0 amide bonds. The van der Waals surface area contributed by atoms with E-state index in [4.69, 9.17) is 9.15 Å². The van der Waals surface area contributed by atoms with E-state index in [-0.39, 0.29) is 35.2 Å². The lowest BCUT2D eigenvalue weighted by Crippen LogP contribution is -2.06. The summed E-state index contributed by atoms with van der Waals surface area (Å²) in [4.78, 5) is 26.5. The number of hydrogen-bond donors (Lipinski definition) is 0. The van der Waals surface area contributed by atoms with E-state index < -0.39 is 22.6 Å². The number of ether oxygens (including phenoxy) is 1. The second kappa shape index (κ2) is 7.74. The molecule has 0 bridgehead atoms. The van der Waals surface area contributed by atoms with Crippen molar-refractivity contribution >= 4 is 11.7 Å². The van der Waals surface area contributed by atoms with Gasteiger partial charge in [-0.05, 0) is 43.3 Å². The Morgan fingerprint density at radius 2 is 1.69 bits per heavy atom. The zero-order valence-electron chi connectivity index (χ0n) is 14.9. The Hall–Kier alpha value is -3.69. The monoisotopic (exact) mass is 406 g/mol. The van der Waals surface area contributed by atoms with Crippen molar-refractivity contribution in [2.75, 3.05) is 6.61 Å². The van der Waals surface area contributed by atoms with Crippen molar-refractivity contribution in [3.63, 3.8) is 0 Å². The fraction of sp³-hybridized carbons (Fsp3) is 0.158. The third-order valence-corrected chi connectivity index (χ3v) is 3.90. The van der Waals surface area contributed by atoms with E-state index in [1.165, 1.54) is 36.4 Å². The molecule has 0 spiro atoms. The van der Waals surface area contributed by atoms with E-state index >= 15 is 0 Å². The average Bonchev–Trinajstić information content (AvgIpc) is 3.13. The fourth-order valence-electron chi connectivity index (χ4n) is 2.51. The Morgan fingerprint density at radius 3 is 2.21 bits per heavy atom. The first kappa shape index (κ1) is 20.1. The van der Waals surface area contributed by atoms with Crippen molar-refractivity contribution in [1.29, 1.82) is 0 Å². The number of hydrogen-bond acceptors (Lipinski definition) is 6. The molecule has 0 atom stereocenters. The van der Waals surface area contributed by atoms with Crippen LogP contribution in [0.2, 0.25) is 0 Å². The summed E-state index contributed by atoms with van der Waals surface area (Å²) in [5.74, 6) is -0.883. The quantitative estimate of drug-likeness (QED) is 0.332. The van der Waals surface area contributed by atoms with Gasteiger partial charge in [-0.3, -0.25) is 10.1 Å². The number of nitro groups is 1. The Morgan fingerprint density at radius 1 is 1.10 bits per heavy atom. The molecule has 10 heteroatoms. The normalized spacial score (nSPS) is 11.3. The molecule has 2 aromatic carbocycles. The molecule has 7 nitrogen and oxygen atoms in total. The lowest BCUT2D eigenvalue weighted by Gasteiger charge is -2.06. The van der Waals surface area contributed by atoms with E-state index in [0.717, 1.165) is 12.1 Å². The molecule has 0 radical (unpaired) electrons. The molecule has 0 unspecified atom stereocenters. The molecule has 1 heterocycles. The minimum atomic E-state index is -4.49. The average molecular weight is 406 g/mol. The van der Waals surface area contributed by atoms with Crippen molar-refractivity contribution < 1.29 is 32.0 Å². The highest BCUT2D eigenvalue weighted by Crippen LogP contribution is 2.34. The first-order valence-corrected chi connectivity index (χ1v) is 8.31. The minimum absolute atomic E-state index is 0.00625. The topological polar surface area (TPSA) is 95.5 Å². The van der Waals surface area contributed by atoms with Gasteiger partial charge in [-0.1, -0.05) is 0 Å². The summed E-state index contributed by atoms with van der Waals surface area (Å²) in [6.45, 7) is 1.67. The van der Waals surface area contributed by atoms with Crippen LogP contribution < -0.4 is 0 Å². The largest absolute Gasteiger partial charge is 0.461 e. The number of aromatic nitrogens is 1. The Bertz CT molecular complexity index is 1040. The maximum atomic E-state index is 12.7. The molecule has 29 heavy (non-hydrogen) atoms. The SMILES string of the molecule is CCOC(=O)c1nc(-c2ccc(C(F)(F)F)cc2)oc1-c1ccc([N+](=O)[O-])cc1. The van der Waals surface area contributed by atoms with Crippen LogP contribution in [0.4, 0.5) is 18.9 Å². The number of benzene rings is 2. The van der Waals surface area contributed by atoms with E-state index in [2.05, 4.69) is 4.98 Å². The Labute approximate surface area is 161 Å². The molecule has 0 aliphatic carbocycles. The van der Waals surface area contributed by atoms with E-state index in [1.807, 2.05) is 0 Å². The number of oxazole rings is 1. The van der Waals surface area contributed by atoms with Crippen LogP contribution in [0.3, 0.4) is 0 Å². The van der Waals surface area contributed by atoms with Gasteiger partial charge in [0.15, 0.2) is 11.5 Å². The highest BCUT2D eigenvalue weighted by atomic mass is 19.4. The predicted octanol–water partition coefficient (Wildman–Crippen LogP) is 5.11. The maximum Gasteiger partial charge on any atom is 0.416 e. The molecule has 0 aliphatic heterocycles. The zero-order valence-corrected chi connectivity index (χ0v) is 14.9. The van der Waals surface area contributed by atoms with Gasteiger partial charge in [-0.25, -0.2) is 9.78 Å².